The number of ether oxygens (including phenoxy) is 1. The van der Waals surface area contributed by atoms with Gasteiger partial charge in [0.15, 0.2) is 0 Å². The van der Waals surface area contributed by atoms with E-state index in [1.54, 1.807) is 24.3 Å². The number of halogens is 3. The van der Waals surface area contributed by atoms with E-state index in [1.165, 1.54) is 4.90 Å². The summed E-state index contributed by atoms with van der Waals surface area (Å²) in [5.74, 6) is 0.479. The molecule has 2 heterocycles. The number of carbonyl (C=O) groups is 2. The molecule has 3 aromatic carbocycles. The van der Waals surface area contributed by atoms with Gasteiger partial charge in [0, 0.05) is 27.1 Å². The number of aromatic nitrogens is 1. The van der Waals surface area contributed by atoms with Gasteiger partial charge in [0.2, 0.25) is 0 Å². The van der Waals surface area contributed by atoms with Gasteiger partial charge in [-0.2, -0.15) is 0 Å². The maximum atomic E-state index is 13.1. The van der Waals surface area contributed by atoms with Gasteiger partial charge in [0.05, 0.1) is 28.0 Å². The molecule has 0 unspecified atom stereocenters. The molecule has 1 fully saturated rings. The van der Waals surface area contributed by atoms with Crippen molar-refractivity contribution in [3.63, 3.8) is 0 Å². The Morgan fingerprint density at radius 1 is 0.972 bits per heavy atom. The Morgan fingerprint density at radius 2 is 1.78 bits per heavy atom. The minimum Gasteiger partial charge on any atom is -0.492 e. The van der Waals surface area contributed by atoms with Crippen LogP contribution in [0.1, 0.15) is 11.1 Å². The fourth-order valence-corrected chi connectivity index (χ4v) is 5.48. The van der Waals surface area contributed by atoms with Crippen molar-refractivity contribution in [1.82, 2.24) is 9.47 Å². The lowest BCUT2D eigenvalue weighted by Crippen LogP contribution is -2.27. The van der Waals surface area contributed by atoms with Gasteiger partial charge in [-0.25, -0.2) is 0 Å². The number of rotatable bonds is 7. The molecule has 5 rings (SSSR count). The molecule has 9 heteroatoms. The minimum atomic E-state index is -0.334. The Balaban J connectivity index is 1.39. The number of para-hydroxylation sites is 1. The van der Waals surface area contributed by atoms with Crippen LogP contribution in [0.25, 0.3) is 17.0 Å². The molecule has 5 nitrogen and oxygen atoms in total. The number of amides is 2. The predicted molar refractivity (Wildman–Crippen MR) is 150 cm³/mol. The summed E-state index contributed by atoms with van der Waals surface area (Å²) in [5.41, 5.74) is 2.59. The van der Waals surface area contributed by atoms with Crippen molar-refractivity contribution in [2.45, 2.75) is 13.1 Å². The zero-order valence-corrected chi connectivity index (χ0v) is 22.7. The smallest absolute Gasteiger partial charge is 0.293 e. The summed E-state index contributed by atoms with van der Waals surface area (Å²) in [6, 6.07) is 20.7. The van der Waals surface area contributed by atoms with Crippen molar-refractivity contribution in [2.24, 2.45) is 0 Å². The largest absolute Gasteiger partial charge is 0.492 e. The molecule has 36 heavy (non-hydrogen) atoms. The van der Waals surface area contributed by atoms with Gasteiger partial charge in [0.1, 0.15) is 12.4 Å². The Morgan fingerprint density at radius 3 is 2.56 bits per heavy atom. The molecule has 4 aromatic rings. The molecule has 182 valence electrons. The van der Waals surface area contributed by atoms with Crippen LogP contribution in [-0.4, -0.2) is 27.2 Å². The van der Waals surface area contributed by atoms with Gasteiger partial charge in [0.25, 0.3) is 11.1 Å². The maximum Gasteiger partial charge on any atom is 0.293 e. The average Bonchev–Trinajstić information content (AvgIpc) is 3.33. The summed E-state index contributed by atoms with van der Waals surface area (Å²) < 4.78 is 8.89. The first-order valence-corrected chi connectivity index (χ1v) is 13.4. The Hall–Kier alpha value is -2.71. The molecule has 2 amide bonds. The van der Waals surface area contributed by atoms with Gasteiger partial charge in [-0.3, -0.25) is 14.5 Å². The van der Waals surface area contributed by atoms with Crippen LogP contribution < -0.4 is 4.74 Å². The van der Waals surface area contributed by atoms with E-state index in [4.69, 9.17) is 27.9 Å². The van der Waals surface area contributed by atoms with E-state index in [9.17, 15) is 9.59 Å². The Labute approximate surface area is 230 Å². The normalized spacial score (nSPS) is 14.9. The van der Waals surface area contributed by atoms with E-state index in [0.29, 0.717) is 28.1 Å². The van der Waals surface area contributed by atoms with Crippen LogP contribution in [0.3, 0.4) is 0 Å². The molecular formula is C27H19BrCl2N2O3S. The first-order chi connectivity index (χ1) is 17.4. The summed E-state index contributed by atoms with van der Waals surface area (Å²) in [6.07, 6.45) is 3.77. The highest BCUT2D eigenvalue weighted by molar-refractivity contribution is 9.10. The van der Waals surface area contributed by atoms with Crippen LogP contribution in [0.4, 0.5) is 4.79 Å². The van der Waals surface area contributed by atoms with Gasteiger partial charge in [-0.15, -0.1) is 0 Å². The number of thioether (sulfide) groups is 1. The lowest BCUT2D eigenvalue weighted by Gasteiger charge is -2.12. The number of carbonyl (C=O) groups excluding carboxylic acids is 2. The second-order valence-electron chi connectivity index (χ2n) is 8.12. The summed E-state index contributed by atoms with van der Waals surface area (Å²) in [5, 5.41) is 1.45. The number of hydrogen-bond donors (Lipinski definition) is 0. The van der Waals surface area contributed by atoms with Crippen LogP contribution in [0.2, 0.25) is 10.0 Å². The summed E-state index contributed by atoms with van der Waals surface area (Å²) in [7, 11) is 0. The van der Waals surface area contributed by atoms with Crippen molar-refractivity contribution >= 4 is 79.0 Å². The van der Waals surface area contributed by atoms with E-state index in [-0.39, 0.29) is 17.7 Å². The topological polar surface area (TPSA) is 51.5 Å². The van der Waals surface area contributed by atoms with Gasteiger partial charge in [-0.05, 0) is 65.9 Å². The van der Waals surface area contributed by atoms with Gasteiger partial charge in [-0.1, -0.05) is 63.4 Å². The highest BCUT2D eigenvalue weighted by atomic mass is 79.9. The van der Waals surface area contributed by atoms with E-state index in [2.05, 4.69) is 20.5 Å². The molecule has 0 saturated carbocycles. The van der Waals surface area contributed by atoms with E-state index in [1.807, 2.05) is 54.7 Å². The second kappa shape index (κ2) is 10.7. The molecule has 0 spiro atoms. The fourth-order valence-electron chi connectivity index (χ4n) is 3.97. The van der Waals surface area contributed by atoms with Gasteiger partial charge < -0.3 is 9.30 Å². The SMILES string of the molecule is O=C1S/C(=C\c2cn(CCOc3ccccc3)c3ccc(Br)cc23)C(=O)N1Cc1ccc(Cl)c(Cl)c1. The quantitative estimate of drug-likeness (QED) is 0.201. The molecule has 1 aliphatic rings. The third-order valence-electron chi connectivity index (χ3n) is 5.70. The van der Waals surface area contributed by atoms with Crippen LogP contribution >= 0.6 is 50.9 Å². The van der Waals surface area contributed by atoms with Gasteiger partial charge >= 0.3 is 0 Å². The minimum absolute atomic E-state index is 0.128. The zero-order chi connectivity index (χ0) is 25.2. The first kappa shape index (κ1) is 25.0. The molecule has 0 radical (unpaired) electrons. The highest BCUT2D eigenvalue weighted by Gasteiger charge is 2.35. The van der Waals surface area contributed by atoms with E-state index >= 15 is 0 Å². The second-order valence-corrected chi connectivity index (χ2v) is 10.8. The molecule has 1 aromatic heterocycles. The summed E-state index contributed by atoms with van der Waals surface area (Å²) in [4.78, 5) is 27.4. The van der Waals surface area contributed by atoms with Crippen LogP contribution in [0.15, 0.2) is 82.3 Å². The number of hydrogen-bond acceptors (Lipinski definition) is 4. The summed E-state index contributed by atoms with van der Waals surface area (Å²) >= 11 is 16.6. The predicted octanol–water partition coefficient (Wildman–Crippen LogP) is 8.03. The molecule has 0 N–H and O–H groups in total. The molecule has 1 saturated heterocycles. The van der Waals surface area contributed by atoms with Crippen LogP contribution in [0.5, 0.6) is 5.75 Å². The molecule has 0 bridgehead atoms. The maximum absolute atomic E-state index is 13.1. The number of nitrogens with zero attached hydrogens (tertiary/aromatic N) is 2. The molecule has 1 aliphatic heterocycles. The van der Waals surface area contributed by atoms with Crippen LogP contribution in [0, 0.1) is 0 Å². The Bertz CT molecular complexity index is 1500. The van der Waals surface area contributed by atoms with E-state index in [0.717, 1.165) is 44.0 Å². The van der Waals surface area contributed by atoms with Crippen molar-refractivity contribution < 1.29 is 14.3 Å². The average molecular weight is 602 g/mol. The molecule has 0 atom stereocenters. The first-order valence-electron chi connectivity index (χ1n) is 11.0. The lowest BCUT2D eigenvalue weighted by atomic mass is 10.1. The molecular weight excluding hydrogens is 583 g/mol. The van der Waals surface area contributed by atoms with Crippen molar-refractivity contribution in [3.05, 3.63) is 103 Å². The van der Waals surface area contributed by atoms with Crippen molar-refractivity contribution in [3.8, 4) is 5.75 Å². The number of benzene rings is 3. The van der Waals surface area contributed by atoms with Crippen LogP contribution in [-0.2, 0) is 17.9 Å². The summed E-state index contributed by atoms with van der Waals surface area (Å²) in [6.45, 7) is 1.24. The zero-order valence-electron chi connectivity index (χ0n) is 18.8. The number of fused-ring (bicyclic) bond motifs is 1. The highest BCUT2D eigenvalue weighted by Crippen LogP contribution is 2.36. The number of imide groups is 1. The third kappa shape index (κ3) is 5.34. The van der Waals surface area contributed by atoms with E-state index < -0.39 is 0 Å². The van der Waals surface area contributed by atoms with Crippen molar-refractivity contribution in [1.29, 1.82) is 0 Å². The lowest BCUT2D eigenvalue weighted by molar-refractivity contribution is -0.123. The van der Waals surface area contributed by atoms with Crippen molar-refractivity contribution in [2.75, 3.05) is 6.61 Å². The third-order valence-corrected chi connectivity index (χ3v) is 7.84. The molecule has 0 aliphatic carbocycles. The monoisotopic (exact) mass is 600 g/mol. The Kier molecular flexibility index (Phi) is 7.44. The fraction of sp³-hybridized carbons (Fsp3) is 0.111. The standard InChI is InChI=1S/C27H19BrCl2N2O3S/c28-19-7-9-24-21(14-19)18(16-31(24)10-11-35-20-4-2-1-3-5-20)13-25-26(33)32(27(34)36-25)15-17-6-8-22(29)23(30)12-17/h1-9,12-14,16H,10-11,15H2/b25-13-.